The number of rotatable bonds is 3. The van der Waals surface area contributed by atoms with Crippen LogP contribution >= 0.6 is 0 Å². The number of likely N-dealkylation sites (tertiary alicyclic amines) is 1. The molecule has 1 aliphatic rings. The van der Waals surface area contributed by atoms with Crippen LogP contribution in [-0.4, -0.2) is 41.2 Å². The normalized spacial score (nSPS) is 19.9. The molecule has 1 saturated heterocycles. The number of halogens is 2. The highest BCUT2D eigenvalue weighted by Crippen LogP contribution is 2.29. The average molecular weight is 401 g/mol. The fourth-order valence-corrected chi connectivity index (χ4v) is 3.66. The van der Waals surface area contributed by atoms with Crippen molar-refractivity contribution in [3.05, 3.63) is 65.4 Å². The van der Waals surface area contributed by atoms with Gasteiger partial charge in [-0.1, -0.05) is 24.3 Å². The van der Waals surface area contributed by atoms with Crippen molar-refractivity contribution in [2.24, 2.45) is 0 Å². The molecule has 2 atom stereocenters. The molecule has 0 unspecified atom stereocenters. The highest BCUT2D eigenvalue weighted by Gasteiger charge is 2.31. The second-order valence-electron chi connectivity index (χ2n) is 7.20. The lowest BCUT2D eigenvalue weighted by molar-refractivity contribution is 0.0328. The maximum absolute atomic E-state index is 14.0. The molecule has 1 N–H and O–H groups in total. The summed E-state index contributed by atoms with van der Waals surface area (Å²) in [6.07, 6.45) is -0.881. The van der Waals surface area contributed by atoms with Crippen LogP contribution in [0.15, 0.2) is 46.9 Å². The highest BCUT2D eigenvalue weighted by atomic mass is 19.1. The van der Waals surface area contributed by atoms with Gasteiger partial charge in [0.2, 0.25) is 0 Å². The number of hydrogen-bond donors (Lipinski definition) is 1. The second-order valence-corrected chi connectivity index (χ2v) is 7.20. The van der Waals surface area contributed by atoms with Gasteiger partial charge < -0.3 is 19.2 Å². The zero-order valence-corrected chi connectivity index (χ0v) is 15.9. The van der Waals surface area contributed by atoms with Gasteiger partial charge in [0.25, 0.3) is 5.91 Å². The molecule has 1 amide bonds. The maximum atomic E-state index is 14.0. The maximum Gasteiger partial charge on any atom is 0.289 e. The van der Waals surface area contributed by atoms with Crippen molar-refractivity contribution < 1.29 is 27.8 Å². The number of nitrogens with zero attached hydrogens (tertiary/aromatic N) is 1. The average Bonchev–Trinajstić information content (AvgIpc) is 2.94. The van der Waals surface area contributed by atoms with Crippen LogP contribution in [-0.2, 0) is 0 Å². The topological polar surface area (TPSA) is 62.9 Å². The number of fused-ring (bicyclic) bond motifs is 1. The van der Waals surface area contributed by atoms with Crippen LogP contribution in [0.1, 0.15) is 29.0 Å². The van der Waals surface area contributed by atoms with Crippen molar-refractivity contribution in [3.8, 4) is 5.75 Å². The van der Waals surface area contributed by atoms with E-state index in [1.165, 1.54) is 18.2 Å². The van der Waals surface area contributed by atoms with Crippen molar-refractivity contribution in [3.63, 3.8) is 0 Å². The van der Waals surface area contributed by atoms with Gasteiger partial charge in [-0.25, -0.2) is 8.78 Å². The number of aliphatic hydroxyl groups is 1. The third-order valence-electron chi connectivity index (χ3n) is 5.32. The number of benzene rings is 2. The minimum Gasteiger partial charge on any atom is -0.485 e. The molecule has 1 aromatic heterocycles. The third kappa shape index (κ3) is 3.70. The van der Waals surface area contributed by atoms with E-state index in [0.717, 1.165) is 0 Å². The summed E-state index contributed by atoms with van der Waals surface area (Å²) in [5.41, 5.74) is 0.637. The van der Waals surface area contributed by atoms with Crippen molar-refractivity contribution >= 4 is 16.9 Å². The number of hydrogen-bond acceptors (Lipinski definition) is 4. The van der Waals surface area contributed by atoms with Gasteiger partial charge in [-0.05, 0) is 31.5 Å². The molecule has 29 heavy (non-hydrogen) atoms. The Hall–Kier alpha value is -2.93. The van der Waals surface area contributed by atoms with Crippen molar-refractivity contribution in [1.29, 1.82) is 0 Å². The summed E-state index contributed by atoms with van der Waals surface area (Å²) in [5, 5.41) is 11.0. The van der Waals surface area contributed by atoms with Gasteiger partial charge in [-0.2, -0.15) is 0 Å². The lowest BCUT2D eigenvalue weighted by Crippen LogP contribution is -2.32. The second kappa shape index (κ2) is 7.83. The first-order chi connectivity index (χ1) is 14.0. The molecule has 0 aliphatic carbocycles. The smallest absolute Gasteiger partial charge is 0.289 e. The summed E-state index contributed by atoms with van der Waals surface area (Å²) in [6.45, 7) is 2.30. The molecular weight excluding hydrogens is 380 g/mol. The zero-order valence-electron chi connectivity index (χ0n) is 15.9. The molecule has 2 aromatic carbocycles. The third-order valence-corrected chi connectivity index (χ3v) is 5.32. The number of aryl methyl sites for hydroxylation is 1. The van der Waals surface area contributed by atoms with E-state index < -0.39 is 23.8 Å². The largest absolute Gasteiger partial charge is 0.485 e. The zero-order chi connectivity index (χ0) is 20.5. The van der Waals surface area contributed by atoms with Crippen molar-refractivity contribution in [1.82, 2.24) is 4.90 Å². The quantitative estimate of drug-likeness (QED) is 0.719. The van der Waals surface area contributed by atoms with Crippen LogP contribution in [0.25, 0.3) is 11.0 Å². The monoisotopic (exact) mass is 401 g/mol. The van der Waals surface area contributed by atoms with E-state index in [2.05, 4.69) is 0 Å². The Morgan fingerprint density at radius 3 is 2.59 bits per heavy atom. The number of aliphatic hydroxyl groups excluding tert-OH is 1. The molecular formula is C22H21F2NO4. The van der Waals surface area contributed by atoms with Gasteiger partial charge in [-0.15, -0.1) is 0 Å². The number of amides is 1. The number of para-hydroxylation sites is 2. The Kier molecular flexibility index (Phi) is 5.24. The predicted molar refractivity (Wildman–Crippen MR) is 103 cm³/mol. The first kappa shape index (κ1) is 19.4. The molecule has 1 fully saturated rings. The van der Waals surface area contributed by atoms with Crippen LogP contribution < -0.4 is 4.74 Å². The molecule has 0 spiro atoms. The summed E-state index contributed by atoms with van der Waals surface area (Å²) in [6, 6.07) is 10.6. The predicted octanol–water partition coefficient (Wildman–Crippen LogP) is 4.06. The van der Waals surface area contributed by atoms with E-state index in [1.54, 1.807) is 36.1 Å². The Bertz CT molecular complexity index is 1050. The number of ether oxygens (including phenoxy) is 1. The number of furan rings is 1. The molecule has 7 heteroatoms. The minimum atomic E-state index is -0.846. The van der Waals surface area contributed by atoms with E-state index in [0.29, 0.717) is 23.9 Å². The van der Waals surface area contributed by atoms with Crippen LogP contribution in [0, 0.1) is 18.6 Å². The van der Waals surface area contributed by atoms with Crippen LogP contribution in [0.2, 0.25) is 0 Å². The lowest BCUT2D eigenvalue weighted by atomic mass is 10.1. The first-order valence-corrected chi connectivity index (χ1v) is 9.52. The lowest BCUT2D eigenvalue weighted by Gasteiger charge is -2.22. The van der Waals surface area contributed by atoms with Crippen molar-refractivity contribution in [2.45, 2.75) is 32.0 Å². The summed E-state index contributed by atoms with van der Waals surface area (Å²) >= 11 is 0. The van der Waals surface area contributed by atoms with Gasteiger partial charge in [0.1, 0.15) is 6.10 Å². The van der Waals surface area contributed by atoms with Gasteiger partial charge in [0.15, 0.2) is 28.7 Å². The molecule has 1 aliphatic heterocycles. The Morgan fingerprint density at radius 2 is 1.83 bits per heavy atom. The van der Waals surface area contributed by atoms with E-state index in [4.69, 9.17) is 9.15 Å². The van der Waals surface area contributed by atoms with Crippen LogP contribution in [0.5, 0.6) is 5.75 Å². The Labute approximate surface area is 166 Å². The molecule has 3 aromatic rings. The molecule has 5 nitrogen and oxygen atoms in total. The standard InChI is InChI=1S/C22H21F2NO4/c1-13-14-5-4-7-16(24)21(14)29-20(13)22(27)25-11-9-17(26)19(10-12-25)28-18-8-3-2-6-15(18)23/h2-8,17,19,26H,9-12H2,1H3/t17-,19-/m0/s1. The molecule has 0 saturated carbocycles. The van der Waals surface area contributed by atoms with Gasteiger partial charge >= 0.3 is 0 Å². The van der Waals surface area contributed by atoms with E-state index in [-0.39, 0.29) is 36.0 Å². The SMILES string of the molecule is Cc1c(C(=O)N2CC[C@H](Oc3ccccc3F)[C@@H](O)CC2)oc2c(F)cccc12. The molecule has 2 heterocycles. The molecule has 0 bridgehead atoms. The Balaban J connectivity index is 1.52. The van der Waals surface area contributed by atoms with Gasteiger partial charge in [0.05, 0.1) is 6.10 Å². The summed E-state index contributed by atoms with van der Waals surface area (Å²) in [7, 11) is 0. The van der Waals surface area contributed by atoms with Gasteiger partial charge in [0, 0.05) is 30.5 Å². The van der Waals surface area contributed by atoms with Crippen LogP contribution in [0.3, 0.4) is 0 Å². The van der Waals surface area contributed by atoms with E-state index in [1.807, 2.05) is 0 Å². The van der Waals surface area contributed by atoms with Crippen LogP contribution in [0.4, 0.5) is 8.78 Å². The summed E-state index contributed by atoms with van der Waals surface area (Å²) in [4.78, 5) is 14.6. The van der Waals surface area contributed by atoms with Crippen molar-refractivity contribution in [2.75, 3.05) is 13.1 Å². The Morgan fingerprint density at radius 1 is 1.10 bits per heavy atom. The molecule has 152 valence electrons. The first-order valence-electron chi connectivity index (χ1n) is 9.52. The van der Waals surface area contributed by atoms with E-state index in [9.17, 15) is 18.7 Å². The fourth-order valence-electron chi connectivity index (χ4n) is 3.66. The minimum absolute atomic E-state index is 0.0592. The summed E-state index contributed by atoms with van der Waals surface area (Å²) < 4.78 is 39.1. The van der Waals surface area contributed by atoms with Gasteiger partial charge in [-0.3, -0.25) is 4.79 Å². The number of carbonyl (C=O) groups is 1. The number of carbonyl (C=O) groups excluding carboxylic acids is 1. The molecule has 0 radical (unpaired) electrons. The van der Waals surface area contributed by atoms with E-state index >= 15 is 0 Å². The fraction of sp³-hybridized carbons (Fsp3) is 0.318. The molecule has 4 rings (SSSR count). The summed E-state index contributed by atoms with van der Waals surface area (Å²) in [5.74, 6) is -1.23. The highest BCUT2D eigenvalue weighted by molar-refractivity contribution is 5.99.